The molecule has 0 aliphatic carbocycles. The van der Waals surface area contributed by atoms with E-state index < -0.39 is 11.7 Å². The van der Waals surface area contributed by atoms with Gasteiger partial charge in [0.1, 0.15) is 17.6 Å². The lowest BCUT2D eigenvalue weighted by molar-refractivity contribution is 0.0523. The maximum Gasteiger partial charge on any atom is 0.435 e. The first-order valence-corrected chi connectivity index (χ1v) is 9.01. The van der Waals surface area contributed by atoms with E-state index in [0.717, 1.165) is 27.6 Å². The minimum atomic E-state index is -0.599. The predicted octanol–water partition coefficient (Wildman–Crippen LogP) is 4.84. The first kappa shape index (κ1) is 16.5. The van der Waals surface area contributed by atoms with Gasteiger partial charge < -0.3 is 9.72 Å². The molecule has 0 aliphatic heterocycles. The fraction of sp³-hybridized carbons (Fsp3) is 0.211. The van der Waals surface area contributed by atoms with E-state index in [2.05, 4.69) is 10.1 Å². The minimum absolute atomic E-state index is 0.508. The molecular weight excluding hydrogens is 350 g/mol. The highest BCUT2D eigenvalue weighted by Crippen LogP contribution is 2.33. The number of benzene rings is 1. The van der Waals surface area contributed by atoms with Gasteiger partial charge in [-0.3, -0.25) is 4.79 Å². The van der Waals surface area contributed by atoms with Crippen LogP contribution >= 0.6 is 11.3 Å². The Morgan fingerprint density at radius 1 is 1.27 bits per heavy atom. The number of rotatable bonds is 2. The van der Waals surface area contributed by atoms with Crippen LogP contribution in [0.1, 0.15) is 31.1 Å². The third kappa shape index (κ3) is 2.80. The minimum Gasteiger partial charge on any atom is -0.442 e. The van der Waals surface area contributed by atoms with E-state index in [4.69, 9.17) is 4.74 Å². The number of carbonyl (C=O) groups excluding carboxylic acids is 2. The zero-order valence-corrected chi connectivity index (χ0v) is 15.4. The topological polar surface area (TPSA) is 77.0 Å². The van der Waals surface area contributed by atoms with Crippen molar-refractivity contribution in [2.24, 2.45) is 0 Å². The third-order valence-electron chi connectivity index (χ3n) is 3.89. The summed E-state index contributed by atoms with van der Waals surface area (Å²) < 4.78 is 7.66. The number of hydrogen-bond acceptors (Lipinski definition) is 5. The SMILES string of the molecule is CC(C)(C)OC(=O)n1nc(-c2cc3cc(C=O)ccc3[nH]2)c2sccc21. The highest BCUT2D eigenvalue weighted by atomic mass is 32.1. The average molecular weight is 367 g/mol. The highest BCUT2D eigenvalue weighted by Gasteiger charge is 2.23. The molecule has 4 aromatic rings. The molecule has 0 amide bonds. The number of aldehydes is 1. The van der Waals surface area contributed by atoms with Crippen LogP contribution in [0.2, 0.25) is 0 Å². The molecule has 132 valence electrons. The normalized spacial score (nSPS) is 12.0. The number of hydrogen-bond donors (Lipinski definition) is 1. The van der Waals surface area contributed by atoms with Crippen LogP contribution in [0.25, 0.3) is 32.5 Å². The molecule has 26 heavy (non-hydrogen) atoms. The van der Waals surface area contributed by atoms with Crippen LogP contribution in [0.5, 0.6) is 0 Å². The Morgan fingerprint density at radius 2 is 2.08 bits per heavy atom. The molecule has 6 nitrogen and oxygen atoms in total. The van der Waals surface area contributed by atoms with Crippen molar-refractivity contribution in [1.82, 2.24) is 14.8 Å². The quantitative estimate of drug-likeness (QED) is 0.514. The van der Waals surface area contributed by atoms with Gasteiger partial charge in [-0.25, -0.2) is 4.79 Å². The molecule has 0 saturated heterocycles. The lowest BCUT2D eigenvalue weighted by atomic mass is 10.2. The van der Waals surface area contributed by atoms with Crippen LogP contribution in [0.4, 0.5) is 4.79 Å². The Kier molecular flexibility index (Phi) is 3.69. The lowest BCUT2D eigenvalue weighted by Crippen LogP contribution is -2.27. The number of aromatic amines is 1. The molecule has 0 atom stereocenters. The fourth-order valence-corrected chi connectivity index (χ4v) is 3.69. The van der Waals surface area contributed by atoms with Crippen LogP contribution in [-0.2, 0) is 4.74 Å². The number of H-pyrrole nitrogens is 1. The van der Waals surface area contributed by atoms with E-state index in [0.29, 0.717) is 16.8 Å². The van der Waals surface area contributed by atoms with Gasteiger partial charge in [-0.2, -0.15) is 9.78 Å². The van der Waals surface area contributed by atoms with Crippen LogP contribution in [-0.4, -0.2) is 32.7 Å². The molecule has 0 aliphatic rings. The summed E-state index contributed by atoms with van der Waals surface area (Å²) in [4.78, 5) is 26.8. The van der Waals surface area contributed by atoms with E-state index in [1.807, 2.05) is 50.4 Å². The van der Waals surface area contributed by atoms with Gasteiger partial charge in [0, 0.05) is 16.5 Å². The fourth-order valence-electron chi connectivity index (χ4n) is 2.82. The highest BCUT2D eigenvalue weighted by molar-refractivity contribution is 7.17. The van der Waals surface area contributed by atoms with Gasteiger partial charge in [-0.1, -0.05) is 0 Å². The summed E-state index contributed by atoms with van der Waals surface area (Å²) in [5.41, 5.74) is 3.11. The summed E-state index contributed by atoms with van der Waals surface area (Å²) in [5, 5.41) is 7.33. The molecule has 0 unspecified atom stereocenters. The average Bonchev–Trinajstić information content (AvgIpc) is 3.26. The van der Waals surface area contributed by atoms with Crippen molar-refractivity contribution in [1.29, 1.82) is 0 Å². The molecule has 3 heterocycles. The Labute approximate surface area is 153 Å². The second kappa shape index (κ2) is 5.81. The second-order valence-corrected chi connectivity index (χ2v) is 7.94. The Hall–Kier alpha value is -2.93. The van der Waals surface area contributed by atoms with E-state index >= 15 is 0 Å². The number of nitrogens with one attached hydrogen (secondary N) is 1. The van der Waals surface area contributed by atoms with Crippen molar-refractivity contribution in [2.75, 3.05) is 0 Å². The van der Waals surface area contributed by atoms with Gasteiger partial charge in [0.05, 0.1) is 15.9 Å². The summed E-state index contributed by atoms with van der Waals surface area (Å²) in [7, 11) is 0. The van der Waals surface area contributed by atoms with Gasteiger partial charge in [0.2, 0.25) is 0 Å². The van der Waals surface area contributed by atoms with Crippen molar-refractivity contribution in [2.45, 2.75) is 26.4 Å². The number of nitrogens with zero attached hydrogens (tertiary/aromatic N) is 2. The Bertz CT molecular complexity index is 1140. The molecule has 0 fully saturated rings. The van der Waals surface area contributed by atoms with Gasteiger partial charge in [0.25, 0.3) is 0 Å². The van der Waals surface area contributed by atoms with Crippen LogP contribution < -0.4 is 0 Å². The molecule has 4 rings (SSSR count). The second-order valence-electron chi connectivity index (χ2n) is 7.02. The van der Waals surface area contributed by atoms with E-state index in [-0.39, 0.29) is 0 Å². The van der Waals surface area contributed by atoms with E-state index in [1.165, 1.54) is 16.0 Å². The maximum absolute atomic E-state index is 12.5. The van der Waals surface area contributed by atoms with Crippen LogP contribution in [0.3, 0.4) is 0 Å². The number of aromatic nitrogens is 3. The number of thiophene rings is 1. The number of ether oxygens (including phenoxy) is 1. The molecular formula is C19H17N3O3S. The molecule has 1 N–H and O–H groups in total. The van der Waals surface area contributed by atoms with Crippen molar-refractivity contribution >= 4 is 44.8 Å². The first-order valence-electron chi connectivity index (χ1n) is 8.13. The van der Waals surface area contributed by atoms with Crippen LogP contribution in [0.15, 0.2) is 35.7 Å². The number of fused-ring (bicyclic) bond motifs is 2. The lowest BCUT2D eigenvalue weighted by Gasteiger charge is -2.18. The first-order chi connectivity index (χ1) is 12.4. The molecule has 7 heteroatoms. The zero-order chi connectivity index (χ0) is 18.5. The van der Waals surface area contributed by atoms with E-state index in [1.54, 1.807) is 6.07 Å². The molecule has 0 bridgehead atoms. The largest absolute Gasteiger partial charge is 0.442 e. The smallest absolute Gasteiger partial charge is 0.435 e. The summed E-state index contributed by atoms with van der Waals surface area (Å²) in [5.74, 6) is 0. The molecule has 1 aromatic carbocycles. The summed E-state index contributed by atoms with van der Waals surface area (Å²) >= 11 is 1.52. The van der Waals surface area contributed by atoms with E-state index in [9.17, 15) is 9.59 Å². The summed E-state index contributed by atoms with van der Waals surface area (Å²) in [6.07, 6.45) is 0.312. The zero-order valence-electron chi connectivity index (χ0n) is 14.6. The van der Waals surface area contributed by atoms with Gasteiger partial charge in [-0.15, -0.1) is 11.3 Å². The Balaban J connectivity index is 1.83. The monoisotopic (exact) mass is 367 g/mol. The third-order valence-corrected chi connectivity index (χ3v) is 4.80. The van der Waals surface area contributed by atoms with Gasteiger partial charge in [-0.05, 0) is 56.5 Å². The molecule has 0 spiro atoms. The molecule has 0 saturated carbocycles. The van der Waals surface area contributed by atoms with Crippen LogP contribution in [0, 0.1) is 0 Å². The van der Waals surface area contributed by atoms with Crippen molar-refractivity contribution < 1.29 is 14.3 Å². The van der Waals surface area contributed by atoms with Gasteiger partial charge in [0.15, 0.2) is 0 Å². The van der Waals surface area contributed by atoms with Gasteiger partial charge >= 0.3 is 6.09 Å². The van der Waals surface area contributed by atoms with Crippen molar-refractivity contribution in [3.63, 3.8) is 0 Å². The maximum atomic E-state index is 12.5. The number of carbonyl (C=O) groups is 2. The summed E-state index contributed by atoms with van der Waals surface area (Å²) in [6, 6.07) is 9.23. The van der Waals surface area contributed by atoms with Crippen molar-refractivity contribution in [3.05, 3.63) is 41.3 Å². The molecule has 3 aromatic heterocycles. The summed E-state index contributed by atoms with van der Waals surface area (Å²) in [6.45, 7) is 5.47. The predicted molar refractivity (Wildman–Crippen MR) is 102 cm³/mol. The molecule has 0 radical (unpaired) electrons. The van der Waals surface area contributed by atoms with Crippen molar-refractivity contribution in [3.8, 4) is 11.4 Å². The standard InChI is InChI=1S/C19H17N3O3S/c1-19(2,3)25-18(24)22-15-6-7-26-17(15)16(21-22)14-9-12-8-11(10-23)4-5-13(12)20-14/h4-10,20H,1-3H3. The Morgan fingerprint density at radius 3 is 2.81 bits per heavy atom.